The highest BCUT2D eigenvalue weighted by atomic mass is 19.1. The molecule has 39 heavy (non-hydrogen) atoms. The highest BCUT2D eigenvalue weighted by Crippen LogP contribution is 2.46. The molecule has 1 aromatic heterocycles. The number of aromatic amines is 1. The van der Waals surface area contributed by atoms with Gasteiger partial charge in [-0.15, -0.1) is 0 Å². The van der Waals surface area contributed by atoms with Gasteiger partial charge < -0.3 is 20.5 Å². The van der Waals surface area contributed by atoms with Crippen LogP contribution in [0.25, 0.3) is 10.9 Å². The highest BCUT2D eigenvalue weighted by molar-refractivity contribution is 6.04. The molecule has 3 amide bonds. The average molecular weight is 525 g/mol. The molecule has 0 saturated carbocycles. The average Bonchev–Trinajstić information content (AvgIpc) is 3.46. The first kappa shape index (κ1) is 24.9. The van der Waals surface area contributed by atoms with Crippen LogP contribution >= 0.6 is 0 Å². The number of nitrogens with zero attached hydrogens (tertiary/aromatic N) is 1. The van der Waals surface area contributed by atoms with E-state index in [1.54, 1.807) is 23.1 Å². The third-order valence-corrected chi connectivity index (χ3v) is 7.78. The molecule has 7 nitrogen and oxygen atoms in total. The van der Waals surface area contributed by atoms with E-state index in [2.05, 4.69) is 15.6 Å². The third kappa shape index (κ3) is 4.26. The maximum absolute atomic E-state index is 13.9. The zero-order chi connectivity index (χ0) is 27.3. The molecule has 4 aromatic rings. The lowest BCUT2D eigenvalue weighted by Crippen LogP contribution is -2.57. The van der Waals surface area contributed by atoms with Gasteiger partial charge in [0.25, 0.3) is 5.91 Å². The molecule has 0 bridgehead atoms. The highest BCUT2D eigenvalue weighted by Gasteiger charge is 2.49. The summed E-state index contributed by atoms with van der Waals surface area (Å²) in [5.41, 5.74) is 5.10. The quantitative estimate of drug-likeness (QED) is 0.352. The minimum atomic E-state index is -0.805. The Balaban J connectivity index is 1.30. The molecular weight excluding hydrogens is 495 g/mol. The summed E-state index contributed by atoms with van der Waals surface area (Å²) in [5.74, 6) is -1.44. The van der Waals surface area contributed by atoms with Crippen LogP contribution in [0.4, 0.5) is 4.39 Å². The molecule has 8 heteroatoms. The van der Waals surface area contributed by atoms with Crippen molar-refractivity contribution in [2.45, 2.75) is 44.9 Å². The Labute approximate surface area is 225 Å². The maximum atomic E-state index is 13.9. The van der Waals surface area contributed by atoms with Crippen LogP contribution in [0.2, 0.25) is 0 Å². The number of nitrogens with one attached hydrogen (secondary N) is 3. The van der Waals surface area contributed by atoms with Crippen molar-refractivity contribution in [2.75, 3.05) is 0 Å². The number of carbonyl (C=O) groups excluding carboxylic acids is 3. The van der Waals surface area contributed by atoms with Crippen LogP contribution in [0.3, 0.4) is 0 Å². The lowest BCUT2D eigenvalue weighted by Gasteiger charge is -2.38. The van der Waals surface area contributed by atoms with Crippen LogP contribution in [0, 0.1) is 11.7 Å². The number of rotatable bonds is 6. The largest absolute Gasteiger partial charge is 0.356 e. The molecule has 0 unspecified atom stereocenters. The van der Waals surface area contributed by atoms with Crippen LogP contribution in [-0.4, -0.2) is 39.7 Å². The van der Waals surface area contributed by atoms with Gasteiger partial charge in [0.05, 0.1) is 6.04 Å². The summed E-state index contributed by atoms with van der Waals surface area (Å²) in [7, 11) is 0. The Morgan fingerprint density at radius 3 is 2.51 bits per heavy atom. The van der Waals surface area contributed by atoms with E-state index in [0.717, 1.165) is 33.3 Å². The van der Waals surface area contributed by atoms with Crippen LogP contribution < -0.4 is 10.6 Å². The van der Waals surface area contributed by atoms with E-state index >= 15 is 0 Å². The van der Waals surface area contributed by atoms with Gasteiger partial charge in [-0.1, -0.05) is 62.4 Å². The topological polar surface area (TPSA) is 94.3 Å². The fraction of sp³-hybridized carbons (Fsp3) is 0.258. The van der Waals surface area contributed by atoms with Gasteiger partial charge in [0.1, 0.15) is 17.9 Å². The molecule has 0 fully saturated rings. The molecule has 0 aliphatic carbocycles. The van der Waals surface area contributed by atoms with Crippen molar-refractivity contribution in [3.63, 3.8) is 0 Å². The molecular formula is C31H29FN4O3. The standard InChI is InChI=1S/C31H29FN4O3/c1-17(2)26(30(38)33-16-18-11-13-19(32)14-12-18)35-29(37)25-15-23-20-7-5-6-10-24(20)34-27(23)28-21-8-3-4-9-22(21)31(39)36(25)28/h3-14,17,25-26,28,34H,15-16H2,1-2H3,(H,33,38)(H,35,37)/t25-,26+,28-/m1/s1. The second-order valence-electron chi connectivity index (χ2n) is 10.6. The second-order valence-corrected chi connectivity index (χ2v) is 10.6. The number of carbonyl (C=O) groups is 3. The van der Waals surface area contributed by atoms with Crippen molar-refractivity contribution in [1.82, 2.24) is 20.5 Å². The number of hydrogen-bond donors (Lipinski definition) is 3. The number of benzene rings is 3. The lowest BCUT2D eigenvalue weighted by molar-refractivity contribution is -0.133. The van der Waals surface area contributed by atoms with Crippen LogP contribution in [0.1, 0.15) is 52.6 Å². The minimum Gasteiger partial charge on any atom is -0.356 e. The SMILES string of the molecule is CC(C)[C@H](NC(=O)[C@H]1Cc2c([nH]c3ccccc23)[C@H]2c3ccccc3C(=O)N21)C(=O)NCc1ccc(F)cc1. The first-order chi connectivity index (χ1) is 18.8. The molecule has 2 aliphatic rings. The second kappa shape index (κ2) is 9.69. The zero-order valence-corrected chi connectivity index (χ0v) is 21.7. The molecule has 3 heterocycles. The van der Waals surface area contributed by atoms with Gasteiger partial charge in [0.15, 0.2) is 0 Å². The molecule has 3 atom stereocenters. The van der Waals surface area contributed by atoms with Gasteiger partial charge in [-0.25, -0.2) is 4.39 Å². The van der Waals surface area contributed by atoms with Gasteiger partial charge in [-0.3, -0.25) is 14.4 Å². The van der Waals surface area contributed by atoms with Gasteiger partial charge in [0, 0.05) is 35.1 Å². The summed E-state index contributed by atoms with van der Waals surface area (Å²) in [4.78, 5) is 45.9. The number of H-pyrrole nitrogens is 1. The summed E-state index contributed by atoms with van der Waals surface area (Å²) in [6.45, 7) is 3.93. The predicted molar refractivity (Wildman–Crippen MR) is 145 cm³/mol. The van der Waals surface area contributed by atoms with Crippen molar-refractivity contribution in [1.29, 1.82) is 0 Å². The number of hydrogen-bond acceptors (Lipinski definition) is 3. The van der Waals surface area contributed by atoms with Crippen LogP contribution in [-0.2, 0) is 22.6 Å². The molecule has 6 rings (SSSR count). The van der Waals surface area contributed by atoms with Crippen LogP contribution in [0.15, 0.2) is 72.8 Å². The summed E-state index contributed by atoms with van der Waals surface area (Å²) < 4.78 is 13.2. The molecule has 3 aromatic carbocycles. The third-order valence-electron chi connectivity index (χ3n) is 7.78. The Morgan fingerprint density at radius 1 is 1.03 bits per heavy atom. The number of aromatic nitrogens is 1. The fourth-order valence-electron chi connectivity index (χ4n) is 5.82. The normalized spacial score (nSPS) is 18.5. The van der Waals surface area contributed by atoms with E-state index in [1.807, 2.05) is 56.3 Å². The Kier molecular flexibility index (Phi) is 6.17. The van der Waals surface area contributed by atoms with Crippen LogP contribution in [0.5, 0.6) is 0 Å². The fourth-order valence-corrected chi connectivity index (χ4v) is 5.82. The van der Waals surface area contributed by atoms with E-state index < -0.39 is 18.1 Å². The zero-order valence-electron chi connectivity index (χ0n) is 21.7. The van der Waals surface area contributed by atoms with E-state index in [4.69, 9.17) is 0 Å². The van der Waals surface area contributed by atoms with Crippen molar-refractivity contribution in [2.24, 2.45) is 5.92 Å². The van der Waals surface area contributed by atoms with E-state index in [1.165, 1.54) is 12.1 Å². The first-order valence-corrected chi connectivity index (χ1v) is 13.2. The smallest absolute Gasteiger partial charge is 0.255 e. The molecule has 0 radical (unpaired) electrons. The van der Waals surface area contributed by atoms with E-state index in [0.29, 0.717) is 12.0 Å². The molecule has 2 aliphatic heterocycles. The van der Waals surface area contributed by atoms with E-state index in [9.17, 15) is 18.8 Å². The lowest BCUT2D eigenvalue weighted by atomic mass is 9.89. The summed E-state index contributed by atoms with van der Waals surface area (Å²) >= 11 is 0. The number of para-hydroxylation sites is 1. The van der Waals surface area contributed by atoms with Gasteiger partial charge in [0.2, 0.25) is 11.8 Å². The van der Waals surface area contributed by atoms with Gasteiger partial charge in [-0.2, -0.15) is 0 Å². The molecule has 0 saturated heterocycles. The van der Waals surface area contributed by atoms with Gasteiger partial charge >= 0.3 is 0 Å². The van der Waals surface area contributed by atoms with Crippen molar-refractivity contribution < 1.29 is 18.8 Å². The molecule has 0 spiro atoms. The minimum absolute atomic E-state index is 0.193. The van der Waals surface area contributed by atoms with E-state index in [-0.39, 0.29) is 36.0 Å². The van der Waals surface area contributed by atoms with Gasteiger partial charge in [-0.05, 0) is 46.9 Å². The number of amides is 3. The monoisotopic (exact) mass is 524 g/mol. The maximum Gasteiger partial charge on any atom is 0.255 e. The van der Waals surface area contributed by atoms with Crippen molar-refractivity contribution >= 4 is 28.6 Å². The number of fused-ring (bicyclic) bond motifs is 7. The Bertz CT molecular complexity index is 1590. The summed E-state index contributed by atoms with van der Waals surface area (Å²) in [5, 5.41) is 6.83. The first-order valence-electron chi connectivity index (χ1n) is 13.2. The summed E-state index contributed by atoms with van der Waals surface area (Å²) in [6, 6.07) is 19.3. The molecule has 3 N–H and O–H groups in total. The predicted octanol–water partition coefficient (Wildman–Crippen LogP) is 4.23. The van der Waals surface area contributed by atoms with Crippen molar-refractivity contribution in [3.8, 4) is 0 Å². The van der Waals surface area contributed by atoms with Crippen molar-refractivity contribution in [3.05, 3.63) is 107 Å². The Morgan fingerprint density at radius 2 is 1.74 bits per heavy atom. The Hall–Kier alpha value is -4.46. The summed E-state index contributed by atoms with van der Waals surface area (Å²) in [6.07, 6.45) is 0.337. The number of halogens is 1. The molecule has 198 valence electrons.